The van der Waals surface area contributed by atoms with Gasteiger partial charge < -0.3 is 4.74 Å². The highest BCUT2D eigenvalue weighted by Gasteiger charge is 2.08. The van der Waals surface area contributed by atoms with Crippen molar-refractivity contribution in [3.8, 4) is 5.75 Å². The summed E-state index contributed by atoms with van der Waals surface area (Å²) in [6, 6.07) is 9.89. The number of pyridine rings is 1. The molecule has 2 aromatic heterocycles. The van der Waals surface area contributed by atoms with E-state index in [1.54, 1.807) is 30.5 Å². The first-order valence-electron chi connectivity index (χ1n) is 6.05. The number of methoxy groups -OCH3 is 1. The van der Waals surface area contributed by atoms with Crippen LogP contribution in [0.25, 0.3) is 5.65 Å². The van der Waals surface area contributed by atoms with E-state index in [1.165, 1.54) is 28.3 Å². The van der Waals surface area contributed by atoms with Crippen LogP contribution in [0, 0.1) is 5.82 Å². The zero-order chi connectivity index (χ0) is 14.1. The standard InChI is InChI=1S/C14H12FN3O2/c1-20-12-6-5-10(8-11(12)15)9-18-14(19)17-7-3-2-4-13(17)16-18/h2-8H,9H2,1H3. The lowest BCUT2D eigenvalue weighted by atomic mass is 10.2. The average molecular weight is 273 g/mol. The van der Waals surface area contributed by atoms with Crippen molar-refractivity contribution in [3.05, 3.63) is 64.5 Å². The highest BCUT2D eigenvalue weighted by Crippen LogP contribution is 2.17. The largest absolute Gasteiger partial charge is 0.494 e. The number of hydrogen-bond acceptors (Lipinski definition) is 3. The fourth-order valence-electron chi connectivity index (χ4n) is 2.05. The van der Waals surface area contributed by atoms with E-state index in [2.05, 4.69) is 5.10 Å². The summed E-state index contributed by atoms with van der Waals surface area (Å²) in [4.78, 5) is 12.1. The number of fused-ring (bicyclic) bond motifs is 1. The fraction of sp³-hybridized carbons (Fsp3) is 0.143. The van der Waals surface area contributed by atoms with Crippen LogP contribution in [-0.2, 0) is 6.54 Å². The minimum atomic E-state index is -0.457. The molecule has 0 aliphatic rings. The molecule has 1 aromatic carbocycles. The van der Waals surface area contributed by atoms with Gasteiger partial charge in [-0.15, -0.1) is 5.10 Å². The molecule has 0 aliphatic heterocycles. The van der Waals surface area contributed by atoms with Gasteiger partial charge in [-0.25, -0.2) is 13.9 Å². The van der Waals surface area contributed by atoms with Gasteiger partial charge in [-0.2, -0.15) is 0 Å². The molecule has 6 heteroatoms. The number of nitrogens with zero attached hydrogens (tertiary/aromatic N) is 3. The molecular weight excluding hydrogens is 261 g/mol. The lowest BCUT2D eigenvalue weighted by molar-refractivity contribution is 0.386. The molecule has 3 rings (SSSR count). The smallest absolute Gasteiger partial charge is 0.350 e. The zero-order valence-electron chi connectivity index (χ0n) is 10.8. The molecule has 0 unspecified atom stereocenters. The third kappa shape index (κ3) is 2.05. The Morgan fingerprint density at radius 2 is 2.15 bits per heavy atom. The Labute approximate surface area is 113 Å². The summed E-state index contributed by atoms with van der Waals surface area (Å²) in [6.07, 6.45) is 1.65. The number of halogens is 1. The van der Waals surface area contributed by atoms with Gasteiger partial charge in [-0.3, -0.25) is 4.40 Å². The van der Waals surface area contributed by atoms with Crippen LogP contribution in [-0.4, -0.2) is 21.3 Å². The minimum Gasteiger partial charge on any atom is -0.494 e. The quantitative estimate of drug-likeness (QED) is 0.729. The topological polar surface area (TPSA) is 48.5 Å². The fourth-order valence-corrected chi connectivity index (χ4v) is 2.05. The Morgan fingerprint density at radius 3 is 2.85 bits per heavy atom. The number of rotatable bonds is 3. The number of aromatic nitrogens is 3. The first-order chi connectivity index (χ1) is 9.69. The second-order valence-electron chi connectivity index (χ2n) is 4.34. The molecule has 20 heavy (non-hydrogen) atoms. The van der Waals surface area contributed by atoms with Gasteiger partial charge in [-0.05, 0) is 29.8 Å². The monoisotopic (exact) mass is 273 g/mol. The molecule has 0 saturated carbocycles. The summed E-state index contributed by atoms with van der Waals surface area (Å²) in [5, 5.41) is 4.19. The van der Waals surface area contributed by atoms with Crippen LogP contribution in [0.1, 0.15) is 5.56 Å². The zero-order valence-corrected chi connectivity index (χ0v) is 10.8. The van der Waals surface area contributed by atoms with E-state index in [4.69, 9.17) is 4.74 Å². The van der Waals surface area contributed by atoms with Crippen molar-refractivity contribution in [2.24, 2.45) is 0 Å². The van der Waals surface area contributed by atoms with Gasteiger partial charge >= 0.3 is 5.69 Å². The SMILES string of the molecule is COc1ccc(Cn2nc3ccccn3c2=O)cc1F. The van der Waals surface area contributed by atoms with Crippen LogP contribution in [0.2, 0.25) is 0 Å². The maximum Gasteiger partial charge on any atom is 0.350 e. The normalized spacial score (nSPS) is 10.9. The molecule has 0 aliphatic carbocycles. The van der Waals surface area contributed by atoms with Crippen molar-refractivity contribution in [2.75, 3.05) is 7.11 Å². The predicted molar refractivity (Wildman–Crippen MR) is 71.5 cm³/mol. The second-order valence-corrected chi connectivity index (χ2v) is 4.34. The van der Waals surface area contributed by atoms with Crippen molar-refractivity contribution in [1.29, 1.82) is 0 Å². The maximum atomic E-state index is 13.6. The minimum absolute atomic E-state index is 0.177. The highest BCUT2D eigenvalue weighted by molar-refractivity contribution is 5.36. The molecule has 0 atom stereocenters. The molecule has 0 radical (unpaired) electrons. The molecule has 2 heterocycles. The Hall–Kier alpha value is -2.63. The number of hydrogen-bond donors (Lipinski definition) is 0. The molecule has 0 spiro atoms. The summed E-state index contributed by atoms with van der Waals surface area (Å²) in [5.41, 5.74) is 0.956. The molecule has 0 fully saturated rings. The Bertz CT molecular complexity index is 823. The Kier molecular flexibility index (Phi) is 2.98. The van der Waals surface area contributed by atoms with Crippen LogP contribution in [0.3, 0.4) is 0 Å². The van der Waals surface area contributed by atoms with Crippen molar-refractivity contribution in [1.82, 2.24) is 14.2 Å². The van der Waals surface area contributed by atoms with E-state index in [1.807, 2.05) is 0 Å². The van der Waals surface area contributed by atoms with Crippen LogP contribution in [0.5, 0.6) is 5.75 Å². The van der Waals surface area contributed by atoms with Crippen LogP contribution in [0.4, 0.5) is 4.39 Å². The summed E-state index contributed by atoms with van der Waals surface area (Å²) < 4.78 is 21.2. The molecule has 3 aromatic rings. The highest BCUT2D eigenvalue weighted by atomic mass is 19.1. The van der Waals surface area contributed by atoms with Gasteiger partial charge in [0.2, 0.25) is 0 Å². The van der Waals surface area contributed by atoms with E-state index in [0.717, 1.165) is 0 Å². The van der Waals surface area contributed by atoms with Crippen LogP contribution in [0.15, 0.2) is 47.4 Å². The predicted octanol–water partition coefficient (Wildman–Crippen LogP) is 1.69. The molecule has 0 bridgehead atoms. The van der Waals surface area contributed by atoms with Crippen molar-refractivity contribution < 1.29 is 9.13 Å². The number of benzene rings is 1. The van der Waals surface area contributed by atoms with E-state index in [-0.39, 0.29) is 18.0 Å². The van der Waals surface area contributed by atoms with Gasteiger partial charge in [0.05, 0.1) is 13.7 Å². The molecule has 5 nitrogen and oxygen atoms in total. The van der Waals surface area contributed by atoms with Gasteiger partial charge in [0.25, 0.3) is 0 Å². The second kappa shape index (κ2) is 4.80. The summed E-state index contributed by atoms with van der Waals surface area (Å²) >= 11 is 0. The Balaban J connectivity index is 1.99. The third-order valence-corrected chi connectivity index (χ3v) is 3.04. The molecule has 0 N–H and O–H groups in total. The maximum absolute atomic E-state index is 13.6. The summed E-state index contributed by atoms with van der Waals surface area (Å²) in [6.45, 7) is 0.210. The third-order valence-electron chi connectivity index (χ3n) is 3.04. The van der Waals surface area contributed by atoms with Gasteiger partial charge in [0.1, 0.15) is 0 Å². The van der Waals surface area contributed by atoms with Gasteiger partial charge in [0.15, 0.2) is 17.2 Å². The molecule has 102 valence electrons. The lowest BCUT2D eigenvalue weighted by Crippen LogP contribution is -2.21. The first kappa shape index (κ1) is 12.4. The van der Waals surface area contributed by atoms with Crippen molar-refractivity contribution in [2.45, 2.75) is 6.54 Å². The Morgan fingerprint density at radius 1 is 1.30 bits per heavy atom. The number of ether oxygens (including phenoxy) is 1. The summed E-state index contributed by atoms with van der Waals surface area (Å²) in [7, 11) is 1.41. The first-order valence-corrected chi connectivity index (χ1v) is 6.05. The van der Waals surface area contributed by atoms with E-state index in [0.29, 0.717) is 11.2 Å². The summed E-state index contributed by atoms with van der Waals surface area (Å²) in [5.74, 6) is -0.280. The lowest BCUT2D eigenvalue weighted by Gasteiger charge is -2.04. The molecular formula is C14H12FN3O2. The van der Waals surface area contributed by atoms with E-state index >= 15 is 0 Å². The molecule has 0 saturated heterocycles. The van der Waals surface area contributed by atoms with Crippen molar-refractivity contribution >= 4 is 5.65 Å². The van der Waals surface area contributed by atoms with Crippen molar-refractivity contribution in [3.63, 3.8) is 0 Å². The van der Waals surface area contributed by atoms with Gasteiger partial charge in [-0.1, -0.05) is 12.1 Å². The van der Waals surface area contributed by atoms with Crippen LogP contribution >= 0.6 is 0 Å². The molecule has 0 amide bonds. The average Bonchev–Trinajstić information content (AvgIpc) is 2.76. The van der Waals surface area contributed by atoms with E-state index < -0.39 is 5.82 Å². The van der Waals surface area contributed by atoms with Gasteiger partial charge in [0, 0.05) is 6.20 Å². The van der Waals surface area contributed by atoms with E-state index in [9.17, 15) is 9.18 Å². The van der Waals surface area contributed by atoms with Crippen LogP contribution < -0.4 is 10.4 Å².